The summed E-state index contributed by atoms with van der Waals surface area (Å²) in [5, 5.41) is 12.7. The highest BCUT2D eigenvalue weighted by atomic mass is 16.5. The number of rotatable bonds is 14. The van der Waals surface area contributed by atoms with Crippen LogP contribution in [0.3, 0.4) is 0 Å². The molecule has 29 heavy (non-hydrogen) atoms. The second-order valence-corrected chi connectivity index (χ2v) is 8.24. The summed E-state index contributed by atoms with van der Waals surface area (Å²) in [6.07, 6.45) is 3.86. The number of ether oxygens (including phenoxy) is 2. The third kappa shape index (κ3) is 10.3. The fraction of sp³-hybridized carbons (Fsp3) is 0.609. The fourth-order valence-corrected chi connectivity index (χ4v) is 2.66. The van der Waals surface area contributed by atoms with Crippen LogP contribution in [0, 0.1) is 6.92 Å². The molecule has 0 saturated carbocycles. The van der Waals surface area contributed by atoms with Gasteiger partial charge >= 0.3 is 0 Å². The molecule has 0 heterocycles. The minimum absolute atomic E-state index is 0.0160. The van der Waals surface area contributed by atoms with Crippen molar-refractivity contribution < 1.29 is 24.2 Å². The van der Waals surface area contributed by atoms with Gasteiger partial charge in [-0.3, -0.25) is 9.59 Å². The summed E-state index contributed by atoms with van der Waals surface area (Å²) in [6.45, 7) is 12.9. The first-order valence-electron chi connectivity index (χ1n) is 10.3. The Morgan fingerprint density at radius 2 is 1.97 bits per heavy atom. The van der Waals surface area contributed by atoms with E-state index in [2.05, 4.69) is 19.2 Å². The second kappa shape index (κ2) is 11.8. The van der Waals surface area contributed by atoms with Crippen molar-refractivity contribution in [3.8, 4) is 5.75 Å². The lowest BCUT2D eigenvalue weighted by molar-refractivity contribution is -0.121. The van der Waals surface area contributed by atoms with E-state index < -0.39 is 5.60 Å². The Bertz CT molecular complexity index is 653. The highest BCUT2D eigenvalue weighted by Crippen LogP contribution is 2.21. The molecular weight excluding hydrogens is 370 g/mol. The predicted octanol–water partition coefficient (Wildman–Crippen LogP) is 3.69. The van der Waals surface area contributed by atoms with Crippen LogP contribution in [0.4, 0.5) is 0 Å². The number of carbonyl (C=O) groups is 2. The quantitative estimate of drug-likeness (QED) is 0.280. The summed E-state index contributed by atoms with van der Waals surface area (Å²) in [5.74, 6) is 0.626. The van der Waals surface area contributed by atoms with Crippen molar-refractivity contribution in [3.05, 3.63) is 36.2 Å². The van der Waals surface area contributed by atoms with Crippen LogP contribution in [-0.4, -0.2) is 48.3 Å². The fourth-order valence-electron chi connectivity index (χ4n) is 2.66. The van der Waals surface area contributed by atoms with Crippen LogP contribution in [0.25, 0.3) is 0 Å². The Balaban J connectivity index is 2.24. The van der Waals surface area contributed by atoms with Crippen LogP contribution < -0.4 is 10.1 Å². The van der Waals surface area contributed by atoms with E-state index in [0.717, 1.165) is 12.7 Å². The van der Waals surface area contributed by atoms with E-state index in [1.165, 1.54) is 0 Å². The molecule has 1 unspecified atom stereocenters. The molecule has 0 aliphatic carbocycles. The number of hydrogen-bond donors (Lipinski definition) is 2. The molecule has 0 aliphatic heterocycles. The molecule has 0 bridgehead atoms. The molecule has 6 nitrogen and oxygen atoms in total. The Labute approximate surface area is 175 Å². The summed E-state index contributed by atoms with van der Waals surface area (Å²) in [6, 6.07) is 5.11. The first-order valence-corrected chi connectivity index (χ1v) is 10.3. The molecular formula is C23H36NO5+. The van der Waals surface area contributed by atoms with Crippen LogP contribution in [0.1, 0.15) is 75.7 Å². The van der Waals surface area contributed by atoms with Crippen molar-refractivity contribution in [2.24, 2.45) is 0 Å². The number of amides is 1. The van der Waals surface area contributed by atoms with E-state index in [4.69, 9.17) is 9.47 Å². The number of nitrogens with one attached hydrogen (secondary N) is 1. The van der Waals surface area contributed by atoms with Gasteiger partial charge in [-0.15, -0.1) is 0 Å². The van der Waals surface area contributed by atoms with Crippen molar-refractivity contribution in [3.63, 3.8) is 0 Å². The van der Waals surface area contributed by atoms with Crippen molar-refractivity contribution in [1.82, 2.24) is 5.32 Å². The normalized spacial score (nSPS) is 13.6. The van der Waals surface area contributed by atoms with Gasteiger partial charge in [0.25, 0.3) is 0 Å². The van der Waals surface area contributed by atoms with Crippen LogP contribution in [0.2, 0.25) is 0 Å². The number of hydrogen-bond acceptors (Lipinski definition) is 5. The SMILES string of the molecule is [CH2+]c1cc(OCCCC(=O)NCCC(C)(CC)OCCC(C)(C)O)ccc1C=O. The lowest BCUT2D eigenvalue weighted by atomic mass is 9.98. The third-order valence-corrected chi connectivity index (χ3v) is 4.95. The average Bonchev–Trinajstić information content (AvgIpc) is 2.64. The average molecular weight is 407 g/mol. The molecule has 6 heteroatoms. The highest BCUT2D eigenvalue weighted by molar-refractivity contribution is 5.78. The van der Waals surface area contributed by atoms with Crippen molar-refractivity contribution in [2.75, 3.05) is 19.8 Å². The van der Waals surface area contributed by atoms with E-state index in [1.54, 1.807) is 32.0 Å². The van der Waals surface area contributed by atoms with Gasteiger partial charge in [0.1, 0.15) is 11.1 Å². The van der Waals surface area contributed by atoms with Crippen LogP contribution in [0.5, 0.6) is 5.75 Å². The Morgan fingerprint density at radius 1 is 1.24 bits per heavy atom. The molecule has 0 spiro atoms. The summed E-state index contributed by atoms with van der Waals surface area (Å²) in [7, 11) is 0. The number of aldehydes is 1. The zero-order valence-corrected chi connectivity index (χ0v) is 18.3. The third-order valence-electron chi connectivity index (χ3n) is 4.95. The van der Waals surface area contributed by atoms with Crippen molar-refractivity contribution in [1.29, 1.82) is 0 Å². The minimum atomic E-state index is -0.739. The van der Waals surface area contributed by atoms with Gasteiger partial charge in [0.15, 0.2) is 5.75 Å². The number of aliphatic hydroxyl groups is 1. The largest absolute Gasteiger partial charge is 0.482 e. The first-order chi connectivity index (χ1) is 13.6. The van der Waals surface area contributed by atoms with Gasteiger partial charge in [-0.2, -0.15) is 0 Å². The monoisotopic (exact) mass is 406 g/mol. The van der Waals surface area contributed by atoms with Crippen molar-refractivity contribution >= 4 is 12.2 Å². The topological polar surface area (TPSA) is 84.9 Å². The molecule has 1 aromatic rings. The van der Waals surface area contributed by atoms with Gasteiger partial charge in [0, 0.05) is 32.0 Å². The van der Waals surface area contributed by atoms with E-state index in [0.29, 0.717) is 62.3 Å². The second-order valence-electron chi connectivity index (χ2n) is 8.24. The van der Waals surface area contributed by atoms with Gasteiger partial charge < -0.3 is 19.9 Å². The van der Waals surface area contributed by atoms with Gasteiger partial charge in [-0.25, -0.2) is 0 Å². The molecule has 0 saturated heterocycles. The van der Waals surface area contributed by atoms with Gasteiger partial charge in [-0.05, 0) is 46.5 Å². The maximum Gasteiger partial charge on any atom is 0.220 e. The molecule has 1 atom stereocenters. The minimum Gasteiger partial charge on any atom is -0.482 e. The molecule has 0 fully saturated rings. The lowest BCUT2D eigenvalue weighted by Gasteiger charge is -2.30. The molecule has 1 rings (SSSR count). The van der Waals surface area contributed by atoms with Crippen LogP contribution in [-0.2, 0) is 9.53 Å². The Hall–Kier alpha value is -2.05. The van der Waals surface area contributed by atoms with E-state index in [-0.39, 0.29) is 11.5 Å². The van der Waals surface area contributed by atoms with E-state index in [9.17, 15) is 14.7 Å². The summed E-state index contributed by atoms with van der Waals surface area (Å²) in [4.78, 5) is 22.8. The molecule has 0 aromatic heterocycles. The zero-order chi connectivity index (χ0) is 21.9. The Kier molecular flexibility index (Phi) is 10.2. The van der Waals surface area contributed by atoms with Gasteiger partial charge in [-0.1, -0.05) is 6.92 Å². The smallest absolute Gasteiger partial charge is 0.220 e. The molecule has 0 radical (unpaired) electrons. The molecule has 1 amide bonds. The summed E-state index contributed by atoms with van der Waals surface area (Å²) < 4.78 is 11.6. The lowest BCUT2D eigenvalue weighted by Crippen LogP contribution is -2.36. The van der Waals surface area contributed by atoms with Gasteiger partial charge in [0.05, 0.1) is 30.5 Å². The maximum atomic E-state index is 12.0. The molecule has 0 aliphatic rings. The van der Waals surface area contributed by atoms with Gasteiger partial charge in [0.2, 0.25) is 12.2 Å². The zero-order valence-electron chi connectivity index (χ0n) is 18.3. The maximum absolute atomic E-state index is 12.0. The number of benzene rings is 1. The standard InChI is InChI=1S/C23H35NO5/c1-6-23(5,29-15-12-22(3,4)27)11-13-24-21(26)8-7-14-28-20-10-9-19(17-25)18(2)16-20/h9-10,16-17,27H,2,6-8,11-15H2,1,3-5H3/p+1. The molecule has 2 N–H and O–H groups in total. The predicted molar refractivity (Wildman–Crippen MR) is 114 cm³/mol. The van der Waals surface area contributed by atoms with E-state index >= 15 is 0 Å². The van der Waals surface area contributed by atoms with Crippen molar-refractivity contribution in [2.45, 2.75) is 71.0 Å². The van der Waals surface area contributed by atoms with E-state index in [1.807, 2.05) is 6.92 Å². The first kappa shape index (κ1) is 25.0. The molecule has 162 valence electrons. The Morgan fingerprint density at radius 3 is 2.55 bits per heavy atom. The van der Waals surface area contributed by atoms with Crippen LogP contribution >= 0.6 is 0 Å². The summed E-state index contributed by atoms with van der Waals surface area (Å²) in [5.41, 5.74) is 0.108. The highest BCUT2D eigenvalue weighted by Gasteiger charge is 2.24. The summed E-state index contributed by atoms with van der Waals surface area (Å²) >= 11 is 0. The molecule has 1 aromatic carbocycles. The van der Waals surface area contributed by atoms with Crippen LogP contribution in [0.15, 0.2) is 18.2 Å². The number of carbonyl (C=O) groups excluding carboxylic acids is 2.